The number of benzene rings is 1. The van der Waals surface area contributed by atoms with Crippen molar-refractivity contribution in [1.82, 2.24) is 5.32 Å². The highest BCUT2D eigenvalue weighted by molar-refractivity contribution is 5.97. The van der Waals surface area contributed by atoms with Crippen LogP contribution in [0.4, 0.5) is 5.69 Å². The maximum atomic E-state index is 12.3. The number of aryl methyl sites for hydroxylation is 2. The third kappa shape index (κ3) is 4.95. The van der Waals surface area contributed by atoms with E-state index in [1.807, 2.05) is 32.0 Å². The van der Waals surface area contributed by atoms with Crippen molar-refractivity contribution in [2.75, 3.05) is 5.32 Å². The number of carbonyl (C=O) groups is 3. The third-order valence-electron chi connectivity index (χ3n) is 3.76. The van der Waals surface area contributed by atoms with Gasteiger partial charge in [-0.15, -0.1) is 0 Å². The Morgan fingerprint density at radius 3 is 2.50 bits per heavy atom. The van der Waals surface area contributed by atoms with E-state index in [9.17, 15) is 14.4 Å². The predicted octanol–water partition coefficient (Wildman–Crippen LogP) is 2.59. The number of carbonyl (C=O) groups excluding carboxylic acids is 3. The van der Waals surface area contributed by atoms with Gasteiger partial charge in [0.2, 0.25) is 0 Å². The van der Waals surface area contributed by atoms with E-state index in [0.29, 0.717) is 5.69 Å². The molecule has 138 valence electrons. The number of furan rings is 1. The summed E-state index contributed by atoms with van der Waals surface area (Å²) < 4.78 is 10.1. The van der Waals surface area contributed by atoms with Crippen LogP contribution in [0.1, 0.15) is 35.5 Å². The van der Waals surface area contributed by atoms with Gasteiger partial charge in [0.25, 0.3) is 11.8 Å². The molecule has 0 fully saturated rings. The van der Waals surface area contributed by atoms with E-state index in [4.69, 9.17) is 9.15 Å². The predicted molar refractivity (Wildman–Crippen MR) is 95.7 cm³/mol. The summed E-state index contributed by atoms with van der Waals surface area (Å²) in [5.41, 5.74) is 2.57. The summed E-state index contributed by atoms with van der Waals surface area (Å²) >= 11 is 0. The quantitative estimate of drug-likeness (QED) is 0.774. The largest absolute Gasteiger partial charge is 0.459 e. The van der Waals surface area contributed by atoms with Crippen molar-refractivity contribution in [3.63, 3.8) is 0 Å². The molecule has 0 aliphatic heterocycles. The number of amides is 2. The molecule has 2 N–H and O–H groups in total. The van der Waals surface area contributed by atoms with Crippen LogP contribution in [0.25, 0.3) is 0 Å². The second-order valence-electron chi connectivity index (χ2n) is 6.06. The van der Waals surface area contributed by atoms with E-state index in [0.717, 1.165) is 11.1 Å². The molecule has 0 saturated heterocycles. The van der Waals surface area contributed by atoms with E-state index in [1.54, 1.807) is 6.07 Å². The lowest BCUT2D eigenvalue weighted by molar-refractivity contribution is -0.154. The molecule has 0 aliphatic rings. The Kier molecular flexibility index (Phi) is 6.16. The summed E-state index contributed by atoms with van der Waals surface area (Å²) in [6.07, 6.45) is 0.350. The lowest BCUT2D eigenvalue weighted by atomic mass is 10.1. The van der Waals surface area contributed by atoms with Crippen molar-refractivity contribution < 1.29 is 23.5 Å². The van der Waals surface area contributed by atoms with E-state index in [-0.39, 0.29) is 5.76 Å². The molecule has 2 rings (SSSR count). The SMILES string of the molecule is Cc1ccc(C)c(NC(=O)[C@@H](C)OC(=O)[C@H](C)NC(=O)c2ccco2)c1. The fourth-order valence-corrected chi connectivity index (χ4v) is 2.17. The number of rotatable bonds is 6. The van der Waals surface area contributed by atoms with Gasteiger partial charge in [0, 0.05) is 5.69 Å². The minimum absolute atomic E-state index is 0.0883. The number of anilines is 1. The fourth-order valence-electron chi connectivity index (χ4n) is 2.17. The second-order valence-corrected chi connectivity index (χ2v) is 6.06. The molecule has 0 radical (unpaired) electrons. The zero-order chi connectivity index (χ0) is 19.3. The molecular weight excluding hydrogens is 336 g/mol. The topological polar surface area (TPSA) is 97.6 Å². The van der Waals surface area contributed by atoms with Crippen LogP contribution in [0.2, 0.25) is 0 Å². The first-order valence-corrected chi connectivity index (χ1v) is 8.21. The highest BCUT2D eigenvalue weighted by atomic mass is 16.5. The van der Waals surface area contributed by atoms with Crippen molar-refractivity contribution in [3.8, 4) is 0 Å². The number of esters is 1. The highest BCUT2D eigenvalue weighted by Gasteiger charge is 2.24. The minimum Gasteiger partial charge on any atom is -0.459 e. The molecule has 0 saturated carbocycles. The average Bonchev–Trinajstić information content (AvgIpc) is 3.12. The monoisotopic (exact) mass is 358 g/mol. The molecule has 0 spiro atoms. The molecule has 1 aromatic carbocycles. The summed E-state index contributed by atoms with van der Waals surface area (Å²) in [4.78, 5) is 36.2. The van der Waals surface area contributed by atoms with Gasteiger partial charge in [-0.1, -0.05) is 12.1 Å². The first-order chi connectivity index (χ1) is 12.3. The van der Waals surface area contributed by atoms with Crippen LogP contribution < -0.4 is 10.6 Å². The molecule has 7 nitrogen and oxygen atoms in total. The van der Waals surface area contributed by atoms with Crippen molar-refractivity contribution >= 4 is 23.5 Å². The standard InChI is InChI=1S/C19H22N2O5/c1-11-7-8-12(2)15(10-11)21-17(22)14(4)26-19(24)13(3)20-18(23)16-6-5-9-25-16/h5-10,13-14H,1-4H3,(H,20,23)(H,21,22)/t13-,14+/m0/s1. The molecule has 2 amide bonds. The molecule has 1 heterocycles. The Labute approximate surface area is 151 Å². The van der Waals surface area contributed by atoms with Crippen LogP contribution in [0, 0.1) is 13.8 Å². The maximum absolute atomic E-state index is 12.3. The number of hydrogen-bond donors (Lipinski definition) is 2. The molecule has 7 heteroatoms. The van der Waals surface area contributed by atoms with Crippen LogP contribution in [-0.2, 0) is 14.3 Å². The molecule has 2 aromatic rings. The van der Waals surface area contributed by atoms with Gasteiger partial charge in [-0.25, -0.2) is 4.79 Å². The summed E-state index contributed by atoms with van der Waals surface area (Å²) in [6.45, 7) is 6.73. The van der Waals surface area contributed by atoms with Gasteiger partial charge >= 0.3 is 5.97 Å². The zero-order valence-electron chi connectivity index (χ0n) is 15.2. The summed E-state index contributed by atoms with van der Waals surface area (Å²) in [7, 11) is 0. The van der Waals surface area contributed by atoms with Crippen molar-refractivity contribution in [2.24, 2.45) is 0 Å². The Hall–Kier alpha value is -3.09. The maximum Gasteiger partial charge on any atom is 0.329 e. The van der Waals surface area contributed by atoms with Crippen molar-refractivity contribution in [2.45, 2.75) is 39.8 Å². The highest BCUT2D eigenvalue weighted by Crippen LogP contribution is 2.17. The zero-order valence-corrected chi connectivity index (χ0v) is 15.2. The van der Waals surface area contributed by atoms with Gasteiger partial charge in [0.05, 0.1) is 6.26 Å². The Bertz CT molecular complexity index is 798. The third-order valence-corrected chi connectivity index (χ3v) is 3.76. The normalized spacial score (nSPS) is 12.8. The van der Waals surface area contributed by atoms with Gasteiger partial charge < -0.3 is 19.8 Å². The molecule has 1 aromatic heterocycles. The number of hydrogen-bond acceptors (Lipinski definition) is 5. The first kappa shape index (κ1) is 19.2. The van der Waals surface area contributed by atoms with Gasteiger partial charge in [-0.3, -0.25) is 9.59 Å². The second kappa shape index (κ2) is 8.33. The Morgan fingerprint density at radius 1 is 1.12 bits per heavy atom. The van der Waals surface area contributed by atoms with Crippen molar-refractivity contribution in [1.29, 1.82) is 0 Å². The number of nitrogens with one attached hydrogen (secondary N) is 2. The smallest absolute Gasteiger partial charge is 0.329 e. The summed E-state index contributed by atoms with van der Waals surface area (Å²) in [6, 6.07) is 7.80. The average molecular weight is 358 g/mol. The van der Waals surface area contributed by atoms with Crippen LogP contribution in [0.5, 0.6) is 0 Å². The molecule has 0 bridgehead atoms. The fraction of sp³-hybridized carbons (Fsp3) is 0.316. The molecule has 0 unspecified atom stereocenters. The lowest BCUT2D eigenvalue weighted by Crippen LogP contribution is -2.42. The van der Waals surface area contributed by atoms with E-state index in [2.05, 4.69) is 10.6 Å². The first-order valence-electron chi connectivity index (χ1n) is 8.21. The summed E-state index contributed by atoms with van der Waals surface area (Å²) in [5, 5.41) is 5.19. The van der Waals surface area contributed by atoms with Crippen LogP contribution in [-0.4, -0.2) is 29.9 Å². The van der Waals surface area contributed by atoms with E-state index >= 15 is 0 Å². The van der Waals surface area contributed by atoms with Gasteiger partial charge in [-0.2, -0.15) is 0 Å². The van der Waals surface area contributed by atoms with Crippen LogP contribution in [0.15, 0.2) is 41.0 Å². The molecule has 26 heavy (non-hydrogen) atoms. The molecule has 2 atom stereocenters. The Morgan fingerprint density at radius 2 is 1.85 bits per heavy atom. The van der Waals surface area contributed by atoms with E-state index in [1.165, 1.54) is 26.2 Å². The molecular formula is C19H22N2O5. The lowest BCUT2D eigenvalue weighted by Gasteiger charge is -2.18. The van der Waals surface area contributed by atoms with Crippen LogP contribution in [0.3, 0.4) is 0 Å². The van der Waals surface area contributed by atoms with Crippen molar-refractivity contribution in [3.05, 3.63) is 53.5 Å². The van der Waals surface area contributed by atoms with E-state index < -0.39 is 29.9 Å². The van der Waals surface area contributed by atoms with Gasteiger partial charge in [0.15, 0.2) is 11.9 Å². The van der Waals surface area contributed by atoms with Gasteiger partial charge in [-0.05, 0) is 57.0 Å². The molecule has 0 aliphatic carbocycles. The minimum atomic E-state index is -1.01. The number of ether oxygens (including phenoxy) is 1. The van der Waals surface area contributed by atoms with Gasteiger partial charge in [0.1, 0.15) is 6.04 Å². The van der Waals surface area contributed by atoms with Crippen LogP contribution >= 0.6 is 0 Å². The Balaban J connectivity index is 1.90. The summed E-state index contributed by atoms with van der Waals surface area (Å²) in [5.74, 6) is -1.61.